The molecule has 2 N–H and O–H groups in total. The van der Waals surface area contributed by atoms with Gasteiger partial charge in [-0.15, -0.1) is 11.3 Å². The van der Waals surface area contributed by atoms with Gasteiger partial charge in [0.15, 0.2) is 0 Å². The molecule has 1 atom stereocenters. The molecular weight excluding hydrogens is 348 g/mol. The number of hydrogen-bond donors (Lipinski definition) is 2. The summed E-state index contributed by atoms with van der Waals surface area (Å²) in [7, 11) is 0. The molecule has 0 aliphatic carbocycles. The van der Waals surface area contributed by atoms with E-state index >= 15 is 0 Å². The van der Waals surface area contributed by atoms with Gasteiger partial charge in [0.2, 0.25) is 0 Å². The number of H-pyrrole nitrogens is 2. The topological polar surface area (TPSA) is 48.6 Å². The van der Waals surface area contributed by atoms with Gasteiger partial charge in [-0.3, -0.25) is 0 Å². The van der Waals surface area contributed by atoms with E-state index in [0.717, 1.165) is 32.1 Å². The number of rotatable bonds is 2. The van der Waals surface area contributed by atoms with Gasteiger partial charge in [0.25, 0.3) is 0 Å². The van der Waals surface area contributed by atoms with Gasteiger partial charge in [-0.1, -0.05) is 33.6 Å². The largest absolute Gasteiger partial charge is 0.323 e. The van der Waals surface area contributed by atoms with Crippen molar-refractivity contribution in [2.24, 2.45) is 0 Å². The van der Waals surface area contributed by atoms with Gasteiger partial charge >= 0.3 is 5.69 Å². The van der Waals surface area contributed by atoms with Crippen LogP contribution in [0.25, 0.3) is 11.0 Å². The van der Waals surface area contributed by atoms with Crippen LogP contribution in [0.3, 0.4) is 0 Å². The van der Waals surface area contributed by atoms with Crippen molar-refractivity contribution >= 4 is 49.9 Å². The SMILES string of the molecule is Cc1csc(C(Br)c2ccc3[nH]c(=O)[nH]c3c2)c1Cl. The first-order valence-electron chi connectivity index (χ1n) is 5.66. The van der Waals surface area contributed by atoms with E-state index in [2.05, 4.69) is 25.9 Å². The molecule has 0 aliphatic heterocycles. The summed E-state index contributed by atoms with van der Waals surface area (Å²) in [5.74, 6) is 0. The lowest BCUT2D eigenvalue weighted by atomic mass is 10.1. The van der Waals surface area contributed by atoms with E-state index in [9.17, 15) is 4.79 Å². The Labute approximate surface area is 126 Å². The maximum atomic E-state index is 11.3. The average Bonchev–Trinajstić information content (AvgIpc) is 2.91. The van der Waals surface area contributed by atoms with Crippen molar-refractivity contribution in [1.29, 1.82) is 0 Å². The molecule has 19 heavy (non-hydrogen) atoms. The second-order valence-electron chi connectivity index (χ2n) is 4.34. The molecule has 0 radical (unpaired) electrons. The Kier molecular flexibility index (Phi) is 3.28. The van der Waals surface area contributed by atoms with Gasteiger partial charge in [0, 0.05) is 4.88 Å². The molecule has 98 valence electrons. The number of imidazole rings is 1. The average molecular weight is 358 g/mol. The number of thiophene rings is 1. The highest BCUT2D eigenvalue weighted by Gasteiger charge is 2.17. The molecule has 0 bridgehead atoms. The lowest BCUT2D eigenvalue weighted by Crippen LogP contribution is -1.99. The summed E-state index contributed by atoms with van der Waals surface area (Å²) >= 11 is 11.6. The molecule has 3 rings (SSSR count). The highest BCUT2D eigenvalue weighted by atomic mass is 79.9. The Morgan fingerprint density at radius 1 is 1.32 bits per heavy atom. The van der Waals surface area contributed by atoms with E-state index in [4.69, 9.17) is 11.6 Å². The summed E-state index contributed by atoms with van der Waals surface area (Å²) < 4.78 is 0. The van der Waals surface area contributed by atoms with Crippen LogP contribution in [-0.2, 0) is 0 Å². The molecule has 0 saturated heterocycles. The van der Waals surface area contributed by atoms with E-state index < -0.39 is 0 Å². The van der Waals surface area contributed by atoms with Gasteiger partial charge in [-0.25, -0.2) is 4.79 Å². The predicted molar refractivity (Wildman–Crippen MR) is 83.8 cm³/mol. The first kappa shape index (κ1) is 13.0. The van der Waals surface area contributed by atoms with E-state index in [1.54, 1.807) is 11.3 Å². The van der Waals surface area contributed by atoms with Crippen LogP contribution in [0.5, 0.6) is 0 Å². The zero-order valence-corrected chi connectivity index (χ0v) is 13.1. The molecule has 0 aliphatic rings. The number of nitrogens with one attached hydrogen (secondary N) is 2. The lowest BCUT2D eigenvalue weighted by Gasteiger charge is -2.09. The first-order valence-corrected chi connectivity index (χ1v) is 7.83. The maximum Gasteiger partial charge on any atom is 0.323 e. The van der Waals surface area contributed by atoms with Crippen molar-refractivity contribution in [3.05, 3.63) is 55.1 Å². The Hall–Kier alpha value is -1.04. The molecular formula is C13H10BrClN2OS. The third-order valence-corrected chi connectivity index (χ3v) is 6.06. The third kappa shape index (κ3) is 2.26. The van der Waals surface area contributed by atoms with Crippen LogP contribution >= 0.6 is 38.9 Å². The molecule has 1 unspecified atom stereocenters. The molecule has 3 aromatic rings. The fourth-order valence-electron chi connectivity index (χ4n) is 1.98. The highest BCUT2D eigenvalue weighted by Crippen LogP contribution is 2.41. The van der Waals surface area contributed by atoms with Gasteiger partial charge in [-0.05, 0) is 35.6 Å². The van der Waals surface area contributed by atoms with Crippen LogP contribution in [0.1, 0.15) is 20.8 Å². The summed E-state index contributed by atoms with van der Waals surface area (Å²) in [6.07, 6.45) is 0. The summed E-state index contributed by atoms with van der Waals surface area (Å²) in [5.41, 5.74) is 3.57. The minimum atomic E-state index is -0.191. The first-order chi connectivity index (χ1) is 9.06. The number of aryl methyl sites for hydroxylation is 1. The number of halogens is 2. The number of aromatic amines is 2. The number of aromatic nitrogens is 2. The van der Waals surface area contributed by atoms with Crippen LogP contribution in [0.4, 0.5) is 0 Å². The fourth-order valence-corrected chi connectivity index (χ4v) is 4.25. The van der Waals surface area contributed by atoms with E-state index in [0.29, 0.717) is 0 Å². The minimum absolute atomic E-state index is 0.0292. The van der Waals surface area contributed by atoms with Gasteiger partial charge in [0.05, 0.1) is 20.9 Å². The quantitative estimate of drug-likeness (QED) is 0.658. The van der Waals surface area contributed by atoms with Crippen LogP contribution in [-0.4, -0.2) is 9.97 Å². The standard InChI is InChI=1S/C13H10BrClN2OS/c1-6-5-19-12(11(6)15)10(14)7-2-3-8-9(4-7)17-13(18)16-8/h2-5,10H,1H3,(H2,16,17,18). The molecule has 1 aromatic carbocycles. The normalized spacial score (nSPS) is 13.0. The predicted octanol–water partition coefficient (Wildman–Crippen LogP) is 4.36. The lowest BCUT2D eigenvalue weighted by molar-refractivity contribution is 1.21. The Balaban J connectivity index is 2.08. The molecule has 0 spiro atoms. The van der Waals surface area contributed by atoms with Crippen molar-refractivity contribution in [3.63, 3.8) is 0 Å². The smallest absolute Gasteiger partial charge is 0.306 e. The summed E-state index contributed by atoms with van der Waals surface area (Å²) in [6.45, 7) is 1.99. The van der Waals surface area contributed by atoms with Crippen LogP contribution in [0.15, 0.2) is 28.4 Å². The maximum absolute atomic E-state index is 11.3. The Morgan fingerprint density at radius 3 is 2.74 bits per heavy atom. The second kappa shape index (κ2) is 4.81. The van der Waals surface area contributed by atoms with Crippen LogP contribution in [0.2, 0.25) is 5.02 Å². The van der Waals surface area contributed by atoms with Crippen LogP contribution < -0.4 is 5.69 Å². The molecule has 0 amide bonds. The third-order valence-electron chi connectivity index (χ3n) is 2.99. The summed E-state index contributed by atoms with van der Waals surface area (Å²) in [6, 6.07) is 5.83. The van der Waals surface area contributed by atoms with Crippen molar-refractivity contribution in [2.75, 3.05) is 0 Å². The van der Waals surface area contributed by atoms with E-state index in [-0.39, 0.29) is 10.5 Å². The zero-order valence-electron chi connectivity index (χ0n) is 9.96. The zero-order chi connectivity index (χ0) is 13.6. The minimum Gasteiger partial charge on any atom is -0.306 e. The van der Waals surface area contributed by atoms with E-state index in [1.165, 1.54) is 0 Å². The van der Waals surface area contributed by atoms with Crippen molar-refractivity contribution in [3.8, 4) is 0 Å². The Bertz CT molecular complexity index is 804. The second-order valence-corrected chi connectivity index (χ2v) is 6.55. The van der Waals surface area contributed by atoms with Crippen molar-refractivity contribution < 1.29 is 0 Å². The molecule has 2 heterocycles. The van der Waals surface area contributed by atoms with Crippen molar-refractivity contribution in [2.45, 2.75) is 11.8 Å². The number of benzene rings is 1. The molecule has 0 saturated carbocycles. The highest BCUT2D eigenvalue weighted by molar-refractivity contribution is 9.09. The van der Waals surface area contributed by atoms with E-state index in [1.807, 2.05) is 30.5 Å². The van der Waals surface area contributed by atoms with Crippen molar-refractivity contribution in [1.82, 2.24) is 9.97 Å². The molecule has 3 nitrogen and oxygen atoms in total. The monoisotopic (exact) mass is 356 g/mol. The number of alkyl halides is 1. The summed E-state index contributed by atoms with van der Waals surface area (Å²) in [4.78, 5) is 17.9. The number of hydrogen-bond acceptors (Lipinski definition) is 2. The van der Waals surface area contributed by atoms with Crippen LogP contribution in [0, 0.1) is 6.92 Å². The van der Waals surface area contributed by atoms with Gasteiger partial charge < -0.3 is 9.97 Å². The molecule has 2 aromatic heterocycles. The molecule has 0 fully saturated rings. The Morgan fingerprint density at radius 2 is 2.05 bits per heavy atom. The van der Waals surface area contributed by atoms with Gasteiger partial charge in [-0.2, -0.15) is 0 Å². The number of fused-ring (bicyclic) bond motifs is 1. The molecule has 6 heteroatoms. The summed E-state index contributed by atoms with van der Waals surface area (Å²) in [5, 5.41) is 2.84. The van der Waals surface area contributed by atoms with Gasteiger partial charge in [0.1, 0.15) is 0 Å². The fraction of sp³-hybridized carbons (Fsp3) is 0.154.